The van der Waals surface area contributed by atoms with E-state index in [1.54, 1.807) is 18.2 Å². The van der Waals surface area contributed by atoms with E-state index >= 15 is 0 Å². The molecule has 3 aromatic carbocycles. The third-order valence-corrected chi connectivity index (χ3v) is 6.35. The van der Waals surface area contributed by atoms with Crippen molar-refractivity contribution in [2.45, 2.75) is 26.3 Å². The number of para-hydroxylation sites is 1. The molecular weight excluding hydrogens is 488 g/mol. The van der Waals surface area contributed by atoms with Crippen LogP contribution < -0.4 is 10.1 Å². The second-order valence-corrected chi connectivity index (χ2v) is 9.67. The first-order chi connectivity index (χ1) is 17.7. The number of benzene rings is 3. The van der Waals surface area contributed by atoms with Gasteiger partial charge < -0.3 is 20.1 Å². The van der Waals surface area contributed by atoms with Gasteiger partial charge >= 0.3 is 6.01 Å². The Bertz CT molecular complexity index is 1590. The standard InChI is InChI=1S/C29H25ClN4O3/c1-17(35)34-29(2,3)20-12-14-21(15-13-20)37-28-31-24-16-23(30)26(32-27(24)33-28)19-10-8-18(9-11-19)22-6-4-5-7-25(22)36/h4-16,36H,1-3H3,(H,34,35)(H,31,32,33). The van der Waals surface area contributed by atoms with Crippen molar-refractivity contribution in [3.8, 4) is 39.9 Å². The summed E-state index contributed by atoms with van der Waals surface area (Å²) in [5.74, 6) is 0.722. The maximum absolute atomic E-state index is 11.5. The summed E-state index contributed by atoms with van der Waals surface area (Å²) in [6, 6.07) is 24.4. The van der Waals surface area contributed by atoms with Crippen molar-refractivity contribution >= 4 is 28.7 Å². The van der Waals surface area contributed by atoms with E-state index in [1.165, 1.54) is 6.92 Å². The Morgan fingerprint density at radius 3 is 2.32 bits per heavy atom. The van der Waals surface area contributed by atoms with Gasteiger partial charge in [-0.1, -0.05) is 66.2 Å². The highest BCUT2D eigenvalue weighted by molar-refractivity contribution is 6.33. The molecule has 0 unspecified atom stereocenters. The molecule has 0 spiro atoms. The van der Waals surface area contributed by atoms with Crippen molar-refractivity contribution < 1.29 is 14.6 Å². The third kappa shape index (κ3) is 5.13. The number of carbonyl (C=O) groups excluding carboxylic acids is 1. The van der Waals surface area contributed by atoms with Crippen LogP contribution in [0.2, 0.25) is 5.02 Å². The molecule has 3 N–H and O–H groups in total. The van der Waals surface area contributed by atoms with Gasteiger partial charge in [0.25, 0.3) is 0 Å². The molecule has 5 aromatic rings. The second-order valence-electron chi connectivity index (χ2n) is 9.26. The van der Waals surface area contributed by atoms with Crippen LogP contribution >= 0.6 is 11.6 Å². The number of halogens is 1. The Balaban J connectivity index is 1.38. The Hall–Kier alpha value is -4.36. The van der Waals surface area contributed by atoms with Gasteiger partial charge in [0.15, 0.2) is 5.65 Å². The minimum Gasteiger partial charge on any atom is -0.507 e. The van der Waals surface area contributed by atoms with E-state index in [0.29, 0.717) is 33.6 Å². The highest BCUT2D eigenvalue weighted by Crippen LogP contribution is 2.34. The summed E-state index contributed by atoms with van der Waals surface area (Å²) < 4.78 is 5.91. The Labute approximate surface area is 219 Å². The number of aromatic nitrogens is 3. The number of carbonyl (C=O) groups is 1. The number of phenols is 1. The van der Waals surface area contributed by atoms with Gasteiger partial charge in [0.1, 0.15) is 11.5 Å². The minimum absolute atomic E-state index is 0.0930. The molecule has 0 bridgehead atoms. The second kappa shape index (κ2) is 9.59. The Morgan fingerprint density at radius 1 is 0.973 bits per heavy atom. The van der Waals surface area contributed by atoms with Crippen LogP contribution in [0.15, 0.2) is 78.9 Å². The first-order valence-electron chi connectivity index (χ1n) is 11.7. The number of imidazole rings is 1. The van der Waals surface area contributed by atoms with Crippen LogP contribution in [0.4, 0.5) is 0 Å². The molecule has 0 atom stereocenters. The van der Waals surface area contributed by atoms with Crippen LogP contribution in [0.5, 0.6) is 17.5 Å². The Morgan fingerprint density at radius 2 is 1.65 bits per heavy atom. The van der Waals surface area contributed by atoms with Crippen LogP contribution in [0.25, 0.3) is 33.5 Å². The summed E-state index contributed by atoms with van der Waals surface area (Å²) in [6.45, 7) is 5.38. The van der Waals surface area contributed by atoms with Crippen molar-refractivity contribution in [2.75, 3.05) is 0 Å². The fourth-order valence-electron chi connectivity index (χ4n) is 4.24. The monoisotopic (exact) mass is 512 g/mol. The lowest BCUT2D eigenvalue weighted by atomic mass is 9.94. The Kier molecular flexibility index (Phi) is 6.31. The fourth-order valence-corrected chi connectivity index (χ4v) is 4.50. The predicted octanol–water partition coefficient (Wildman–Crippen LogP) is 6.81. The summed E-state index contributed by atoms with van der Waals surface area (Å²) in [7, 11) is 0. The number of fused-ring (bicyclic) bond motifs is 1. The van der Waals surface area contributed by atoms with Crippen LogP contribution in [-0.2, 0) is 10.3 Å². The molecule has 2 heterocycles. The maximum Gasteiger partial charge on any atom is 0.301 e. The normalized spacial score (nSPS) is 11.5. The molecule has 186 valence electrons. The predicted molar refractivity (Wildman–Crippen MR) is 145 cm³/mol. The molecule has 8 heteroatoms. The first kappa shape index (κ1) is 24.3. The molecule has 0 aliphatic heterocycles. The van der Waals surface area contributed by atoms with E-state index in [4.69, 9.17) is 16.3 Å². The smallest absolute Gasteiger partial charge is 0.301 e. The largest absolute Gasteiger partial charge is 0.507 e. The highest BCUT2D eigenvalue weighted by Gasteiger charge is 2.21. The summed E-state index contributed by atoms with van der Waals surface area (Å²) in [5, 5.41) is 13.5. The molecule has 0 aliphatic carbocycles. The van der Waals surface area contributed by atoms with Crippen LogP contribution in [0.3, 0.4) is 0 Å². The lowest BCUT2D eigenvalue weighted by Crippen LogP contribution is -2.39. The molecule has 0 saturated heterocycles. The van der Waals surface area contributed by atoms with Gasteiger partial charge in [-0.15, -0.1) is 0 Å². The molecule has 2 aromatic heterocycles. The van der Waals surface area contributed by atoms with Gasteiger partial charge in [0.2, 0.25) is 5.91 Å². The summed E-state index contributed by atoms with van der Waals surface area (Å²) in [6.07, 6.45) is 0. The van der Waals surface area contributed by atoms with Crippen molar-refractivity contribution in [2.24, 2.45) is 0 Å². The molecule has 5 rings (SSSR count). The SMILES string of the molecule is CC(=O)NC(C)(C)c1ccc(Oc2nc3nc(-c4ccc(-c5ccccc5O)cc4)c(Cl)cc3[nH]2)cc1. The zero-order chi connectivity index (χ0) is 26.2. The molecule has 0 aliphatic rings. The average molecular weight is 513 g/mol. The molecule has 0 radical (unpaired) electrons. The number of aromatic hydroxyl groups is 1. The van der Waals surface area contributed by atoms with Crippen LogP contribution in [-0.4, -0.2) is 26.0 Å². The summed E-state index contributed by atoms with van der Waals surface area (Å²) >= 11 is 6.56. The lowest BCUT2D eigenvalue weighted by molar-refractivity contribution is -0.120. The molecule has 7 nitrogen and oxygen atoms in total. The van der Waals surface area contributed by atoms with Gasteiger partial charge in [-0.25, -0.2) is 4.98 Å². The number of aromatic amines is 1. The zero-order valence-corrected chi connectivity index (χ0v) is 21.3. The zero-order valence-electron chi connectivity index (χ0n) is 20.5. The lowest BCUT2D eigenvalue weighted by Gasteiger charge is -2.26. The van der Waals surface area contributed by atoms with Crippen molar-refractivity contribution in [3.63, 3.8) is 0 Å². The van der Waals surface area contributed by atoms with E-state index in [1.807, 2.05) is 74.5 Å². The molecule has 0 fully saturated rings. The molecule has 37 heavy (non-hydrogen) atoms. The van der Waals surface area contributed by atoms with Crippen molar-refractivity contribution in [1.29, 1.82) is 0 Å². The van der Waals surface area contributed by atoms with Crippen LogP contribution in [0, 0.1) is 0 Å². The fraction of sp³-hybridized carbons (Fsp3) is 0.138. The molecular formula is C29H25ClN4O3. The number of ether oxygens (including phenoxy) is 1. The number of hydrogen-bond donors (Lipinski definition) is 3. The third-order valence-electron chi connectivity index (χ3n) is 6.06. The number of nitrogens with one attached hydrogen (secondary N) is 2. The summed E-state index contributed by atoms with van der Waals surface area (Å²) in [5.41, 5.74) is 4.65. The maximum atomic E-state index is 11.5. The van der Waals surface area contributed by atoms with E-state index in [0.717, 1.165) is 22.3 Å². The number of phenolic OH excluding ortho intramolecular Hbond substituents is 1. The summed E-state index contributed by atoms with van der Waals surface area (Å²) in [4.78, 5) is 23.7. The number of hydrogen-bond acceptors (Lipinski definition) is 5. The number of H-pyrrole nitrogens is 1. The topological polar surface area (TPSA) is 100 Å². The van der Waals surface area contributed by atoms with Gasteiger partial charge in [-0.2, -0.15) is 4.98 Å². The van der Waals surface area contributed by atoms with E-state index < -0.39 is 5.54 Å². The van der Waals surface area contributed by atoms with Crippen LogP contribution in [0.1, 0.15) is 26.3 Å². The van der Waals surface area contributed by atoms with E-state index in [9.17, 15) is 9.90 Å². The number of nitrogens with zero attached hydrogens (tertiary/aromatic N) is 2. The highest BCUT2D eigenvalue weighted by atomic mass is 35.5. The van der Waals surface area contributed by atoms with Crippen molar-refractivity contribution in [1.82, 2.24) is 20.3 Å². The minimum atomic E-state index is -0.500. The number of rotatable bonds is 6. The van der Waals surface area contributed by atoms with Gasteiger partial charge in [-0.05, 0) is 49.2 Å². The molecule has 1 amide bonds. The van der Waals surface area contributed by atoms with Crippen molar-refractivity contribution in [3.05, 3.63) is 89.4 Å². The first-order valence-corrected chi connectivity index (χ1v) is 12.1. The van der Waals surface area contributed by atoms with Gasteiger partial charge in [-0.3, -0.25) is 4.79 Å². The van der Waals surface area contributed by atoms with Gasteiger partial charge in [0.05, 0.1) is 21.8 Å². The number of pyridine rings is 1. The van der Waals surface area contributed by atoms with E-state index in [-0.39, 0.29) is 11.7 Å². The number of amides is 1. The average Bonchev–Trinajstić information content (AvgIpc) is 3.24. The van der Waals surface area contributed by atoms with E-state index in [2.05, 4.69) is 20.3 Å². The van der Waals surface area contributed by atoms with Gasteiger partial charge in [0, 0.05) is 18.1 Å². The molecule has 0 saturated carbocycles. The quantitative estimate of drug-likeness (QED) is 0.232.